The summed E-state index contributed by atoms with van der Waals surface area (Å²) < 4.78 is 79.9. The van der Waals surface area contributed by atoms with Gasteiger partial charge in [-0.15, -0.1) is 19.0 Å². The number of rotatable bonds is 15. The van der Waals surface area contributed by atoms with Gasteiger partial charge in [0.25, 0.3) is 0 Å². The average Bonchev–Trinajstić information content (AvgIpc) is 1.37. The van der Waals surface area contributed by atoms with Crippen molar-refractivity contribution >= 4 is 30.6 Å². The molecule has 15 heteroatoms. The van der Waals surface area contributed by atoms with E-state index in [1.165, 1.54) is 127 Å². The molecular formula is C99H145ClF6O8. The van der Waals surface area contributed by atoms with E-state index in [0.29, 0.717) is 110 Å². The highest BCUT2D eigenvalue weighted by atomic mass is 35.5. The lowest BCUT2D eigenvalue weighted by Crippen LogP contribution is -2.62. The van der Waals surface area contributed by atoms with Gasteiger partial charge in [0.15, 0.2) is 52.2 Å². The number of phenols is 3. The van der Waals surface area contributed by atoms with E-state index in [-0.39, 0.29) is 76.4 Å². The van der Waals surface area contributed by atoms with Crippen LogP contribution in [0.25, 0.3) is 18.2 Å². The molecule has 0 radical (unpaired) electrons. The SMILES string of the molecule is C=CC[C@@H](C)[C@H]1CC[C@H]2[C@@H]3[C@H](O)[C@H](CC)[C@@H]4C[C@H](C)CC[C@]4(C)[C@H]3CC[C@]12C.C=Cc1cc(F)c(O)c(F)c1.CC[C@H]1[C@@H](O)[C@@H]2[C@H](CC[C@]3(C)[C@@H]([C@H](C)CC=Cc4cc(F)c(O)c(F)c4)CC[C@@H]23)[C@@]2(C)CC[C@@H](O)C[C@@H]12.CC[C@H]1[C@@H](O)[C@@H]2[C@H](CC[C@]3(C)[C@@H]([C@H](C)CC=Cc4cc(F)c(O)c(F)c4)CC[C@@H]23)[C@@]2(C)CC[C@@H](O)C[C@@H]12.Cl. The minimum atomic E-state index is -0.972. The van der Waals surface area contributed by atoms with E-state index in [1.54, 1.807) is 12.2 Å². The molecule has 0 saturated heterocycles. The third-order valence-electron chi connectivity index (χ3n) is 36.3. The Morgan fingerprint density at radius 1 is 0.377 bits per heavy atom. The number of aliphatic hydroxyl groups is 5. The summed E-state index contributed by atoms with van der Waals surface area (Å²) in [5.41, 5.74) is 2.89. The number of allylic oxidation sites excluding steroid dienone is 3. The number of hydrogen-bond donors (Lipinski definition) is 8. The number of hydrogen-bond acceptors (Lipinski definition) is 8. The smallest absolute Gasteiger partial charge is 0.187 e. The molecule has 0 spiro atoms. The van der Waals surface area contributed by atoms with Crippen molar-refractivity contribution in [2.75, 3.05) is 0 Å². The summed E-state index contributed by atoms with van der Waals surface area (Å²) >= 11 is 0. The van der Waals surface area contributed by atoms with Crippen LogP contribution in [0.2, 0.25) is 0 Å². The Labute approximate surface area is 687 Å². The lowest BCUT2D eigenvalue weighted by Gasteiger charge is -2.65. The normalized spacial score (nSPS) is 43.1. The van der Waals surface area contributed by atoms with Gasteiger partial charge in [-0.2, -0.15) is 0 Å². The Morgan fingerprint density at radius 2 is 0.649 bits per heavy atom. The maximum absolute atomic E-state index is 13.7. The summed E-state index contributed by atoms with van der Waals surface area (Å²) in [6.45, 7) is 38.8. The molecule has 12 fully saturated rings. The van der Waals surface area contributed by atoms with E-state index in [4.69, 9.17) is 5.11 Å². The van der Waals surface area contributed by atoms with Crippen LogP contribution in [0.1, 0.15) is 280 Å². The van der Waals surface area contributed by atoms with Crippen LogP contribution < -0.4 is 0 Å². The summed E-state index contributed by atoms with van der Waals surface area (Å²) in [6.07, 6.45) is 40.5. The van der Waals surface area contributed by atoms with Crippen molar-refractivity contribution in [1.82, 2.24) is 0 Å². The average molecular weight is 1610 g/mol. The van der Waals surface area contributed by atoms with Gasteiger partial charge in [-0.05, 0) is 363 Å². The predicted molar refractivity (Wildman–Crippen MR) is 450 cm³/mol. The second-order valence-corrected chi connectivity index (χ2v) is 41.3. The maximum Gasteiger partial charge on any atom is 0.187 e. The van der Waals surface area contributed by atoms with Crippen molar-refractivity contribution in [3.63, 3.8) is 0 Å². The van der Waals surface area contributed by atoms with Crippen molar-refractivity contribution in [3.8, 4) is 17.2 Å². The third kappa shape index (κ3) is 16.4. The Kier molecular flexibility index (Phi) is 28.4. The lowest BCUT2D eigenvalue weighted by molar-refractivity contribution is -0.203. The molecule has 3 aromatic carbocycles. The Hall–Kier alpha value is -4.31. The van der Waals surface area contributed by atoms with Crippen LogP contribution in [-0.2, 0) is 0 Å². The molecule has 12 saturated carbocycles. The second kappa shape index (κ2) is 35.8. The zero-order valence-corrected chi connectivity index (χ0v) is 72.1. The molecule has 638 valence electrons. The molecule has 33 atom stereocenters. The highest BCUT2D eigenvalue weighted by molar-refractivity contribution is 5.85. The second-order valence-electron chi connectivity index (χ2n) is 41.3. The van der Waals surface area contributed by atoms with E-state index in [9.17, 15) is 62.1 Å². The largest absolute Gasteiger partial charge is 0.503 e. The highest BCUT2D eigenvalue weighted by Crippen LogP contribution is 2.74. The van der Waals surface area contributed by atoms with Crippen LogP contribution in [0.3, 0.4) is 0 Å². The number of phenolic OH excluding ortho intramolecular Hbond substituents is 3. The van der Waals surface area contributed by atoms with Crippen LogP contribution in [0, 0.1) is 198 Å². The topological polar surface area (TPSA) is 162 Å². The molecule has 12 aliphatic rings. The first-order valence-corrected chi connectivity index (χ1v) is 44.9. The van der Waals surface area contributed by atoms with Gasteiger partial charge in [0.2, 0.25) is 0 Å². The van der Waals surface area contributed by atoms with Gasteiger partial charge in [0, 0.05) is 0 Å². The van der Waals surface area contributed by atoms with Crippen LogP contribution in [0.15, 0.2) is 67.8 Å². The Balaban J connectivity index is 0.000000158. The molecule has 15 rings (SSSR count). The van der Waals surface area contributed by atoms with Gasteiger partial charge < -0.3 is 40.9 Å². The number of fused-ring (bicyclic) bond motifs is 15. The van der Waals surface area contributed by atoms with E-state index < -0.39 is 52.2 Å². The molecule has 3 aromatic rings. The van der Waals surface area contributed by atoms with Crippen LogP contribution in [0.4, 0.5) is 26.3 Å². The molecule has 12 aliphatic carbocycles. The first kappa shape index (κ1) is 90.5. The van der Waals surface area contributed by atoms with Crippen molar-refractivity contribution in [3.05, 3.63) is 119 Å². The number of benzene rings is 3. The summed E-state index contributed by atoms with van der Waals surface area (Å²) in [4.78, 5) is 0. The minimum Gasteiger partial charge on any atom is -0.503 e. The van der Waals surface area contributed by atoms with Gasteiger partial charge >= 0.3 is 0 Å². The maximum atomic E-state index is 13.7. The number of halogens is 7. The molecule has 0 bridgehead atoms. The quantitative estimate of drug-likeness (QED) is 0.0551. The van der Waals surface area contributed by atoms with Crippen molar-refractivity contribution in [2.45, 2.75) is 294 Å². The summed E-state index contributed by atoms with van der Waals surface area (Å²) in [5.74, 6) is 3.43. The monoisotopic (exact) mass is 1610 g/mol. The van der Waals surface area contributed by atoms with E-state index in [1.807, 2.05) is 12.2 Å². The van der Waals surface area contributed by atoms with E-state index in [0.717, 1.165) is 125 Å². The molecule has 8 nitrogen and oxygen atoms in total. The summed E-state index contributed by atoms with van der Waals surface area (Å²) in [5, 5.41) is 83.8. The van der Waals surface area contributed by atoms with Crippen molar-refractivity contribution in [1.29, 1.82) is 0 Å². The van der Waals surface area contributed by atoms with E-state index >= 15 is 0 Å². The van der Waals surface area contributed by atoms with Crippen molar-refractivity contribution in [2.24, 2.45) is 163 Å². The van der Waals surface area contributed by atoms with Gasteiger partial charge in [0.05, 0.1) is 30.5 Å². The third-order valence-corrected chi connectivity index (χ3v) is 36.3. The molecule has 0 aliphatic heterocycles. The fourth-order valence-corrected chi connectivity index (χ4v) is 30.7. The lowest BCUT2D eigenvalue weighted by atomic mass is 9.41. The van der Waals surface area contributed by atoms with Crippen molar-refractivity contribution < 1.29 is 67.2 Å². The van der Waals surface area contributed by atoms with Gasteiger partial charge in [-0.25, -0.2) is 26.3 Å². The Morgan fingerprint density at radius 3 is 0.947 bits per heavy atom. The van der Waals surface area contributed by atoms with Gasteiger partial charge in [-0.1, -0.05) is 159 Å². The fourth-order valence-electron chi connectivity index (χ4n) is 30.7. The summed E-state index contributed by atoms with van der Waals surface area (Å²) in [6, 6.07) is 6.68. The van der Waals surface area contributed by atoms with Crippen LogP contribution >= 0.6 is 12.4 Å². The van der Waals surface area contributed by atoms with Gasteiger partial charge in [0.1, 0.15) is 0 Å². The predicted octanol–water partition coefficient (Wildman–Crippen LogP) is 24.5. The molecule has 0 heterocycles. The molecular weight excluding hydrogens is 1470 g/mol. The van der Waals surface area contributed by atoms with Crippen LogP contribution in [-0.4, -0.2) is 71.4 Å². The highest BCUT2D eigenvalue weighted by Gasteiger charge is 2.69. The molecule has 114 heavy (non-hydrogen) atoms. The molecule has 0 unspecified atom stereocenters. The zero-order valence-electron chi connectivity index (χ0n) is 71.3. The zero-order chi connectivity index (χ0) is 82.1. The molecule has 8 N–H and O–H groups in total. The van der Waals surface area contributed by atoms with E-state index in [2.05, 4.69) is 109 Å². The minimum absolute atomic E-state index is 0. The Bertz CT molecular complexity index is 3640. The first-order chi connectivity index (χ1) is 53.4. The van der Waals surface area contributed by atoms with Gasteiger partial charge in [-0.3, -0.25) is 0 Å². The molecule has 0 aromatic heterocycles. The fraction of sp³-hybridized carbons (Fsp3) is 0.737. The standard InChI is InChI=1S/2C32H46F2O3.C27H46O.C8H6F2O.ClH/c2*1-5-21-25-17-20(35)11-13-32(25,4)24-12-14-31(3)22(9-10-23(31)28(24)29(21)36)18(2)7-6-8-19-15-26(33)30(37)27(34)16-19;1-7-9-18(4)20-10-11-21-24-22(13-15-26(20,21)5)27(6)14-12-17(3)16-23(27)19(8-2)25(24)28;1-2-5-3-6(9)8(11)7(10)4-5;/h2*6,8,15-16,18,20-25,28-29,35-37H,5,7,9-14,17H2,1-4H3;7,17-25,28H,1,8-16H2,2-6H3;2-4,11H,1H2;1H/t2*18-,20-,21-,22-,23+,24+,25+,28+,29-,31-,32-;17-,18-,19-,20-,21+,22+,23+,24+,25-,26-,27-;;/m111../s1. The summed E-state index contributed by atoms with van der Waals surface area (Å²) in [7, 11) is 0. The number of aliphatic hydroxyl groups excluding tert-OH is 5. The van der Waals surface area contributed by atoms with Crippen LogP contribution in [0.5, 0.6) is 17.2 Å². The first-order valence-electron chi connectivity index (χ1n) is 44.9. The number of aromatic hydroxyl groups is 3. The molecule has 0 amide bonds.